The van der Waals surface area contributed by atoms with Gasteiger partial charge in [0.1, 0.15) is 0 Å². The second-order valence-corrected chi connectivity index (χ2v) is 21.3. The molecule has 0 amide bonds. The third kappa shape index (κ3) is 5.58. The first-order chi connectivity index (χ1) is 12.2. The molecule has 1 aromatic rings. The number of ketones is 1. The molecule has 0 N–H and O–H groups in total. The van der Waals surface area contributed by atoms with Crippen molar-refractivity contribution in [3.8, 4) is 0 Å². The molecule has 1 aromatic carbocycles. The summed E-state index contributed by atoms with van der Waals surface area (Å²) in [5.74, 6) is 0.385. The summed E-state index contributed by atoms with van der Waals surface area (Å²) in [4.78, 5) is 12.4. The van der Waals surface area contributed by atoms with Crippen LogP contribution in [-0.4, -0.2) is 24.2 Å². The van der Waals surface area contributed by atoms with Crippen molar-refractivity contribution in [2.24, 2.45) is 0 Å². The topological polar surface area (TPSA) is 17.1 Å². The van der Waals surface area contributed by atoms with E-state index in [1.807, 2.05) is 0 Å². The van der Waals surface area contributed by atoms with Gasteiger partial charge in [-0.3, -0.25) is 0 Å². The summed E-state index contributed by atoms with van der Waals surface area (Å²) in [6.07, 6.45) is 12.3. The van der Waals surface area contributed by atoms with Crippen LogP contribution in [0, 0.1) is 0 Å². The van der Waals surface area contributed by atoms with Gasteiger partial charge in [-0.15, -0.1) is 0 Å². The molecule has 25 heavy (non-hydrogen) atoms. The first-order valence-corrected chi connectivity index (χ1v) is 18.3. The predicted octanol–water partition coefficient (Wildman–Crippen LogP) is 6.65. The van der Waals surface area contributed by atoms with Crippen LogP contribution < -0.4 is 3.58 Å². The zero-order valence-corrected chi connectivity index (χ0v) is 19.7. The van der Waals surface area contributed by atoms with E-state index in [1.165, 1.54) is 63.8 Å². The van der Waals surface area contributed by atoms with Crippen molar-refractivity contribution in [3.63, 3.8) is 0 Å². The molecule has 1 aliphatic rings. The molecule has 0 bridgehead atoms. The second-order valence-electron chi connectivity index (χ2n) is 8.09. The Morgan fingerprint density at radius 3 is 1.96 bits per heavy atom. The Labute approximate surface area is 159 Å². The molecular weight excluding hydrogens is 411 g/mol. The molecule has 0 atom stereocenters. The Morgan fingerprint density at radius 2 is 1.40 bits per heavy atom. The minimum atomic E-state index is -2.35. The molecule has 0 saturated heterocycles. The number of aryl methyl sites for hydroxylation is 1. The Hall–Kier alpha value is -0.311. The second kappa shape index (κ2) is 10.7. The monoisotopic (exact) mass is 450 g/mol. The van der Waals surface area contributed by atoms with Gasteiger partial charge in [0.25, 0.3) is 0 Å². The number of hydrogen-bond acceptors (Lipinski definition) is 1. The molecule has 0 radical (unpaired) electrons. The number of benzene rings is 1. The predicted molar refractivity (Wildman–Crippen MR) is 113 cm³/mol. The quantitative estimate of drug-likeness (QED) is 0.289. The number of fused-ring (bicyclic) bond motifs is 1. The van der Waals surface area contributed by atoms with Crippen LogP contribution in [0.25, 0.3) is 0 Å². The van der Waals surface area contributed by atoms with Crippen LogP contribution in [0.3, 0.4) is 0 Å². The molecule has 0 heterocycles. The van der Waals surface area contributed by atoms with Gasteiger partial charge in [0.2, 0.25) is 0 Å². The summed E-state index contributed by atoms with van der Waals surface area (Å²) in [7, 11) is 0. The zero-order chi connectivity index (χ0) is 18.1. The summed E-state index contributed by atoms with van der Waals surface area (Å²) >= 11 is -2.35. The number of carbonyl (C=O) groups excluding carboxylic acids is 1. The summed E-state index contributed by atoms with van der Waals surface area (Å²) in [5.41, 5.74) is 2.42. The number of hydrogen-bond donors (Lipinski definition) is 0. The van der Waals surface area contributed by atoms with Crippen molar-refractivity contribution < 1.29 is 4.79 Å². The van der Waals surface area contributed by atoms with E-state index >= 15 is 0 Å². The van der Waals surface area contributed by atoms with Crippen molar-refractivity contribution in [2.75, 3.05) is 0 Å². The molecule has 2 rings (SSSR count). The van der Waals surface area contributed by atoms with E-state index in [9.17, 15) is 4.79 Å². The number of Topliss-reactive ketones (excluding diaryl/α,β-unsaturated/α-hetero) is 1. The van der Waals surface area contributed by atoms with E-state index in [0.717, 1.165) is 24.8 Å². The molecule has 1 nitrogen and oxygen atoms in total. The van der Waals surface area contributed by atoms with Gasteiger partial charge in [-0.25, -0.2) is 0 Å². The first-order valence-electron chi connectivity index (χ1n) is 10.8. The first kappa shape index (κ1) is 21.0. The van der Waals surface area contributed by atoms with E-state index in [-0.39, 0.29) is 0 Å². The normalized spacial score (nSPS) is 15.1. The standard InChI is InChI=1S/C11H11O.3C4H9.Sn/c12-11-8-4-2-6-9-5-1-3-7-10(9)11;3*1-3-4-2;/h3,5,7H,2,4,6,8H2;3*1,3-4H2,2H3;. The van der Waals surface area contributed by atoms with Gasteiger partial charge < -0.3 is 0 Å². The third-order valence-electron chi connectivity index (χ3n) is 6.14. The van der Waals surface area contributed by atoms with Gasteiger partial charge in [0, 0.05) is 0 Å². The van der Waals surface area contributed by atoms with Crippen LogP contribution in [0.2, 0.25) is 13.3 Å². The average Bonchev–Trinajstić information content (AvgIpc) is 2.82. The number of rotatable bonds is 10. The third-order valence-corrected chi connectivity index (χ3v) is 21.8. The van der Waals surface area contributed by atoms with Gasteiger partial charge in [-0.05, 0) is 0 Å². The van der Waals surface area contributed by atoms with Crippen molar-refractivity contribution in [2.45, 2.75) is 98.3 Å². The fourth-order valence-electron chi connectivity index (χ4n) is 4.49. The van der Waals surface area contributed by atoms with Gasteiger partial charge in [0.05, 0.1) is 0 Å². The van der Waals surface area contributed by atoms with Crippen LogP contribution in [0.15, 0.2) is 18.2 Å². The van der Waals surface area contributed by atoms with Crippen LogP contribution in [0.5, 0.6) is 0 Å². The molecule has 0 fully saturated rings. The molecule has 2 heteroatoms. The summed E-state index contributed by atoms with van der Waals surface area (Å²) < 4.78 is 6.27. The summed E-state index contributed by atoms with van der Waals surface area (Å²) in [6, 6.07) is 7.14. The van der Waals surface area contributed by atoms with E-state index in [4.69, 9.17) is 0 Å². The molecule has 0 spiro atoms. The van der Waals surface area contributed by atoms with Crippen molar-refractivity contribution in [1.82, 2.24) is 0 Å². The molecule has 0 aromatic heterocycles. The van der Waals surface area contributed by atoms with E-state index in [1.54, 1.807) is 3.58 Å². The van der Waals surface area contributed by atoms with Gasteiger partial charge >= 0.3 is 160 Å². The summed E-state index contributed by atoms with van der Waals surface area (Å²) in [5, 5.41) is 0. The van der Waals surface area contributed by atoms with Crippen LogP contribution >= 0.6 is 0 Å². The van der Waals surface area contributed by atoms with E-state index < -0.39 is 18.4 Å². The maximum absolute atomic E-state index is 12.4. The molecular formula is C23H38OSn. The van der Waals surface area contributed by atoms with E-state index in [2.05, 4.69) is 39.0 Å². The minimum absolute atomic E-state index is 0.385. The van der Waals surface area contributed by atoms with Gasteiger partial charge in [0.15, 0.2) is 0 Å². The Balaban J connectivity index is 2.40. The van der Waals surface area contributed by atoms with Crippen LogP contribution in [0.1, 0.15) is 94.5 Å². The molecule has 1 aliphatic carbocycles. The van der Waals surface area contributed by atoms with Crippen molar-refractivity contribution in [1.29, 1.82) is 0 Å². The van der Waals surface area contributed by atoms with Gasteiger partial charge in [-0.2, -0.15) is 0 Å². The van der Waals surface area contributed by atoms with E-state index in [0.29, 0.717) is 5.78 Å². The molecule has 0 saturated carbocycles. The maximum atomic E-state index is 12.4. The summed E-state index contributed by atoms with van der Waals surface area (Å²) in [6.45, 7) is 7.02. The fraction of sp³-hybridized carbons (Fsp3) is 0.696. The van der Waals surface area contributed by atoms with Crippen LogP contribution in [-0.2, 0) is 6.42 Å². The van der Waals surface area contributed by atoms with Crippen molar-refractivity contribution in [3.05, 3.63) is 29.3 Å². The molecule has 140 valence electrons. The average molecular weight is 449 g/mol. The SMILES string of the molecule is CCC[CH2][Sn]([CH2]CCC)([CH2]CCC)[c]1ccc2c(c1)CCCCC2=O. The molecule has 0 unspecified atom stereocenters. The van der Waals surface area contributed by atoms with Crippen molar-refractivity contribution >= 4 is 27.7 Å². The number of carbonyl (C=O) groups is 1. The Bertz CT molecular complexity index is 527. The Kier molecular flexibility index (Phi) is 9.02. The Morgan fingerprint density at radius 1 is 0.840 bits per heavy atom. The van der Waals surface area contributed by atoms with Gasteiger partial charge in [-0.1, -0.05) is 0 Å². The zero-order valence-electron chi connectivity index (χ0n) is 16.8. The fourth-order valence-corrected chi connectivity index (χ4v) is 20.5. The number of unbranched alkanes of at least 4 members (excludes halogenated alkanes) is 3. The van der Waals surface area contributed by atoms with Crippen LogP contribution in [0.4, 0.5) is 0 Å². The molecule has 0 aliphatic heterocycles.